The molecule has 0 bridgehead atoms. The van der Waals surface area contributed by atoms with Crippen LogP contribution in [-0.4, -0.2) is 46.4 Å². The predicted octanol–water partition coefficient (Wildman–Crippen LogP) is 2.55. The molecule has 0 aliphatic carbocycles. The van der Waals surface area contributed by atoms with Crippen LogP contribution in [0.1, 0.15) is 24.1 Å². The van der Waals surface area contributed by atoms with Crippen LogP contribution >= 0.6 is 0 Å². The highest BCUT2D eigenvalue weighted by molar-refractivity contribution is 5.91. The zero-order chi connectivity index (χ0) is 23.2. The first-order chi connectivity index (χ1) is 16.0. The maximum atomic E-state index is 13.0. The van der Waals surface area contributed by atoms with E-state index in [2.05, 4.69) is 10.3 Å². The average Bonchev–Trinajstić information content (AvgIpc) is 3.33. The number of para-hydroxylation sites is 1. The summed E-state index contributed by atoms with van der Waals surface area (Å²) in [5, 5.41) is 3.69. The summed E-state index contributed by atoms with van der Waals surface area (Å²) in [6.45, 7) is 0.543. The van der Waals surface area contributed by atoms with Gasteiger partial charge >= 0.3 is 6.09 Å². The summed E-state index contributed by atoms with van der Waals surface area (Å²) < 4.78 is 5.39. The van der Waals surface area contributed by atoms with Crippen molar-refractivity contribution in [1.82, 2.24) is 15.2 Å². The van der Waals surface area contributed by atoms with E-state index in [0.29, 0.717) is 25.1 Å². The summed E-state index contributed by atoms with van der Waals surface area (Å²) in [5.74, 6) is -1.08. The minimum Gasteiger partial charge on any atom is -0.445 e. The van der Waals surface area contributed by atoms with Crippen molar-refractivity contribution in [3.63, 3.8) is 0 Å². The average molecular weight is 447 g/mol. The van der Waals surface area contributed by atoms with E-state index >= 15 is 0 Å². The van der Waals surface area contributed by atoms with Crippen molar-refractivity contribution < 1.29 is 19.1 Å². The number of likely N-dealkylation sites (tertiary alicyclic amines) is 1. The van der Waals surface area contributed by atoms with Crippen molar-refractivity contribution in [2.45, 2.75) is 38.0 Å². The Kier molecular flexibility index (Phi) is 6.83. The molecular weight excluding hydrogens is 420 g/mol. The molecule has 1 aliphatic rings. The summed E-state index contributed by atoms with van der Waals surface area (Å²) in [5.41, 5.74) is 7.87. The SMILES string of the molecule is NC(=O)[C@H](Cc1ccc2ccccc2n1)NC(=O)[C@H]1CCCN1C(=O)OCc1ccccc1. The number of fused-ring (bicyclic) bond motifs is 1. The molecule has 2 heterocycles. The van der Waals surface area contributed by atoms with Gasteiger partial charge in [0, 0.05) is 24.0 Å². The minimum atomic E-state index is -0.936. The molecule has 2 aromatic carbocycles. The fourth-order valence-electron chi connectivity index (χ4n) is 3.98. The van der Waals surface area contributed by atoms with E-state index in [4.69, 9.17) is 10.5 Å². The highest BCUT2D eigenvalue weighted by Crippen LogP contribution is 2.20. The number of hydrogen-bond donors (Lipinski definition) is 2. The Hall–Kier alpha value is -3.94. The first-order valence-electron chi connectivity index (χ1n) is 10.9. The van der Waals surface area contributed by atoms with Crippen LogP contribution < -0.4 is 11.1 Å². The van der Waals surface area contributed by atoms with Crippen LogP contribution in [-0.2, 0) is 27.4 Å². The van der Waals surface area contributed by atoms with Crippen molar-refractivity contribution in [1.29, 1.82) is 0 Å². The Morgan fingerprint density at radius 1 is 1.06 bits per heavy atom. The van der Waals surface area contributed by atoms with E-state index in [0.717, 1.165) is 16.5 Å². The van der Waals surface area contributed by atoms with Gasteiger partial charge in [-0.05, 0) is 30.5 Å². The summed E-state index contributed by atoms with van der Waals surface area (Å²) in [4.78, 5) is 43.6. The highest BCUT2D eigenvalue weighted by atomic mass is 16.6. The third-order valence-corrected chi connectivity index (χ3v) is 5.72. The van der Waals surface area contributed by atoms with Gasteiger partial charge in [0.1, 0.15) is 18.7 Å². The maximum absolute atomic E-state index is 13.0. The molecular formula is C25H26N4O4. The monoisotopic (exact) mass is 446 g/mol. The van der Waals surface area contributed by atoms with Gasteiger partial charge in [-0.1, -0.05) is 54.6 Å². The van der Waals surface area contributed by atoms with Gasteiger partial charge in [-0.2, -0.15) is 0 Å². The van der Waals surface area contributed by atoms with E-state index in [1.807, 2.05) is 66.7 Å². The first-order valence-corrected chi connectivity index (χ1v) is 10.9. The van der Waals surface area contributed by atoms with Crippen LogP contribution in [0.4, 0.5) is 4.79 Å². The summed E-state index contributed by atoms with van der Waals surface area (Å²) in [6, 6.07) is 19.1. The van der Waals surface area contributed by atoms with E-state index in [-0.39, 0.29) is 13.0 Å². The molecule has 0 unspecified atom stereocenters. The van der Waals surface area contributed by atoms with E-state index in [1.165, 1.54) is 4.90 Å². The van der Waals surface area contributed by atoms with Crippen LogP contribution in [0, 0.1) is 0 Å². The number of nitrogens with two attached hydrogens (primary N) is 1. The minimum absolute atomic E-state index is 0.127. The van der Waals surface area contributed by atoms with Gasteiger partial charge in [0.05, 0.1) is 5.52 Å². The number of aromatic nitrogens is 1. The third kappa shape index (κ3) is 5.46. The number of amides is 3. The lowest BCUT2D eigenvalue weighted by atomic mass is 10.1. The number of nitrogens with zero attached hydrogens (tertiary/aromatic N) is 2. The molecule has 33 heavy (non-hydrogen) atoms. The van der Waals surface area contributed by atoms with Gasteiger partial charge < -0.3 is 15.8 Å². The molecule has 0 saturated carbocycles. The first kappa shape index (κ1) is 22.3. The fraction of sp³-hybridized carbons (Fsp3) is 0.280. The second-order valence-corrected chi connectivity index (χ2v) is 8.05. The molecule has 1 aliphatic heterocycles. The number of rotatable bonds is 7. The molecule has 3 aromatic rings. The molecule has 3 amide bonds. The summed E-state index contributed by atoms with van der Waals surface area (Å²) in [7, 11) is 0. The topological polar surface area (TPSA) is 115 Å². The molecule has 1 saturated heterocycles. The van der Waals surface area contributed by atoms with Crippen LogP contribution in [0.2, 0.25) is 0 Å². The zero-order valence-corrected chi connectivity index (χ0v) is 18.1. The van der Waals surface area contributed by atoms with Crippen molar-refractivity contribution in [2.75, 3.05) is 6.54 Å². The van der Waals surface area contributed by atoms with Crippen LogP contribution in [0.25, 0.3) is 10.9 Å². The van der Waals surface area contributed by atoms with Crippen molar-refractivity contribution >= 4 is 28.8 Å². The third-order valence-electron chi connectivity index (χ3n) is 5.72. The molecule has 0 radical (unpaired) electrons. The Morgan fingerprint density at radius 3 is 2.61 bits per heavy atom. The lowest BCUT2D eigenvalue weighted by molar-refractivity contribution is -0.130. The number of carbonyl (C=O) groups is 3. The van der Waals surface area contributed by atoms with Crippen molar-refractivity contribution in [3.05, 3.63) is 78.0 Å². The van der Waals surface area contributed by atoms with Gasteiger partial charge in [-0.15, -0.1) is 0 Å². The molecule has 1 aromatic heterocycles. The molecule has 4 rings (SSSR count). The molecule has 3 N–H and O–H groups in total. The molecule has 1 fully saturated rings. The number of pyridine rings is 1. The van der Waals surface area contributed by atoms with Gasteiger partial charge in [0.25, 0.3) is 0 Å². The maximum Gasteiger partial charge on any atom is 0.410 e. The summed E-state index contributed by atoms with van der Waals surface area (Å²) >= 11 is 0. The predicted molar refractivity (Wildman–Crippen MR) is 123 cm³/mol. The number of ether oxygens (including phenoxy) is 1. The second-order valence-electron chi connectivity index (χ2n) is 8.05. The van der Waals surface area contributed by atoms with E-state index in [1.54, 1.807) is 0 Å². The Morgan fingerprint density at radius 2 is 1.82 bits per heavy atom. The van der Waals surface area contributed by atoms with Crippen LogP contribution in [0.15, 0.2) is 66.7 Å². The van der Waals surface area contributed by atoms with Crippen LogP contribution in [0.5, 0.6) is 0 Å². The van der Waals surface area contributed by atoms with Crippen LogP contribution in [0.3, 0.4) is 0 Å². The fourth-order valence-corrected chi connectivity index (χ4v) is 3.98. The lowest BCUT2D eigenvalue weighted by Gasteiger charge is -2.25. The Balaban J connectivity index is 1.39. The number of nitrogens with one attached hydrogen (secondary N) is 1. The Labute approximate surface area is 191 Å². The molecule has 2 atom stereocenters. The quantitative estimate of drug-likeness (QED) is 0.579. The number of carbonyl (C=O) groups excluding carboxylic acids is 3. The molecule has 8 heteroatoms. The van der Waals surface area contributed by atoms with Gasteiger partial charge in [0.2, 0.25) is 11.8 Å². The smallest absolute Gasteiger partial charge is 0.410 e. The second kappa shape index (κ2) is 10.1. The number of benzene rings is 2. The number of hydrogen-bond acceptors (Lipinski definition) is 5. The van der Waals surface area contributed by atoms with Gasteiger partial charge in [0.15, 0.2) is 0 Å². The standard InChI is InChI=1S/C25H26N4O4/c26-23(30)21(15-19-13-12-18-9-4-5-10-20(18)27-19)28-24(31)22-11-6-14-29(22)25(32)33-16-17-7-2-1-3-8-17/h1-5,7-10,12-13,21-22H,6,11,14-16H2,(H2,26,30)(H,28,31)/t21-,22+/m0/s1. The largest absolute Gasteiger partial charge is 0.445 e. The highest BCUT2D eigenvalue weighted by Gasteiger charge is 2.36. The van der Waals surface area contributed by atoms with Crippen molar-refractivity contribution in [3.8, 4) is 0 Å². The zero-order valence-electron chi connectivity index (χ0n) is 18.1. The molecule has 8 nitrogen and oxygen atoms in total. The van der Waals surface area contributed by atoms with Gasteiger partial charge in [-0.3, -0.25) is 19.5 Å². The Bertz CT molecular complexity index is 1150. The number of primary amides is 1. The molecule has 170 valence electrons. The summed E-state index contributed by atoms with van der Waals surface area (Å²) in [6.07, 6.45) is 0.776. The van der Waals surface area contributed by atoms with E-state index < -0.39 is 30.0 Å². The van der Waals surface area contributed by atoms with E-state index in [9.17, 15) is 14.4 Å². The molecule has 0 spiro atoms. The van der Waals surface area contributed by atoms with Gasteiger partial charge in [-0.25, -0.2) is 4.79 Å². The normalized spacial score (nSPS) is 16.4. The van der Waals surface area contributed by atoms with Crippen molar-refractivity contribution in [2.24, 2.45) is 5.73 Å². The lowest BCUT2D eigenvalue weighted by Crippen LogP contribution is -2.53.